The summed E-state index contributed by atoms with van der Waals surface area (Å²) < 4.78 is 52.0. The first-order valence-electron chi connectivity index (χ1n) is 14.6. The molecule has 220 valence electrons. The number of pyridine rings is 1. The van der Waals surface area contributed by atoms with E-state index in [1.54, 1.807) is 0 Å². The molecule has 7 rings (SSSR count). The Balaban J connectivity index is 1.38. The molecule has 0 spiro atoms. The monoisotopic (exact) mass is 585 g/mol. The van der Waals surface area contributed by atoms with Gasteiger partial charge in [-0.2, -0.15) is 9.97 Å². The van der Waals surface area contributed by atoms with Gasteiger partial charge in [0.25, 0.3) is 0 Å². The van der Waals surface area contributed by atoms with Gasteiger partial charge in [0.2, 0.25) is 0 Å². The van der Waals surface area contributed by atoms with E-state index in [9.17, 15) is 13.9 Å². The predicted molar refractivity (Wildman–Crippen MR) is 159 cm³/mol. The number of benzene rings is 2. The summed E-state index contributed by atoms with van der Waals surface area (Å²) in [5.74, 6) is 1.29. The number of aromatic hydroxyl groups is 1. The third kappa shape index (κ3) is 4.72. The number of aromatic nitrogens is 3. The molecular formula is C33H30F3N5O2. The number of phenols is 1. The van der Waals surface area contributed by atoms with Crippen LogP contribution in [0.4, 0.5) is 19.0 Å². The van der Waals surface area contributed by atoms with Crippen LogP contribution in [-0.2, 0) is 0 Å². The van der Waals surface area contributed by atoms with Gasteiger partial charge in [0.05, 0.1) is 16.5 Å². The highest BCUT2D eigenvalue weighted by molar-refractivity contribution is 6.03. The maximum absolute atomic E-state index is 16.6. The van der Waals surface area contributed by atoms with Crippen molar-refractivity contribution in [3.63, 3.8) is 0 Å². The smallest absolute Gasteiger partial charge is 0.319 e. The van der Waals surface area contributed by atoms with Crippen LogP contribution in [0.2, 0.25) is 0 Å². The number of alkyl halides is 1. The molecule has 3 aliphatic heterocycles. The highest BCUT2D eigenvalue weighted by Crippen LogP contribution is 2.41. The fraction of sp³-hybridized carbons (Fsp3) is 0.364. The van der Waals surface area contributed by atoms with Gasteiger partial charge < -0.3 is 14.7 Å². The number of fused-ring (bicyclic) bond motifs is 3. The number of anilines is 1. The summed E-state index contributed by atoms with van der Waals surface area (Å²) in [6.07, 6.45) is 14.2. The molecule has 0 aliphatic carbocycles. The standard InChI is InChI=1S/C33H30F3N5O2/c1-2-23-26(35)9-8-20-14-22(42)15-24(27(20)23)29-28(36)30-25(17-37-29)31(40-11-5-3-4-6-12-40)39-32(38-30)43-19-33-10-7-13-41(33)18-21(34)16-33/h1,3-4,8-9,14-15,17,21,42H,5-7,10-13,16,18-19H2/t21-,33+/m1/s1. The topological polar surface area (TPSA) is 74.6 Å². The van der Waals surface area contributed by atoms with Gasteiger partial charge in [-0.3, -0.25) is 9.88 Å². The van der Waals surface area contributed by atoms with Crippen molar-refractivity contribution < 1.29 is 23.0 Å². The number of terminal acetylenes is 1. The quantitative estimate of drug-likeness (QED) is 0.230. The summed E-state index contributed by atoms with van der Waals surface area (Å²) >= 11 is 0. The van der Waals surface area contributed by atoms with E-state index >= 15 is 4.39 Å². The van der Waals surface area contributed by atoms with Crippen LogP contribution in [0.1, 0.15) is 37.7 Å². The molecule has 0 radical (unpaired) electrons. The van der Waals surface area contributed by atoms with Gasteiger partial charge >= 0.3 is 6.01 Å². The molecule has 4 aromatic rings. The molecule has 0 bridgehead atoms. The van der Waals surface area contributed by atoms with E-state index in [1.807, 2.05) is 0 Å². The molecule has 0 saturated carbocycles. The lowest BCUT2D eigenvalue weighted by atomic mass is 9.95. The Bertz CT molecular complexity index is 1810. The van der Waals surface area contributed by atoms with Crippen molar-refractivity contribution in [1.82, 2.24) is 19.9 Å². The van der Waals surface area contributed by atoms with Crippen molar-refractivity contribution in [3.8, 4) is 35.4 Å². The lowest BCUT2D eigenvalue weighted by Gasteiger charge is -2.31. The average Bonchev–Trinajstić information content (AvgIpc) is 3.37. The van der Waals surface area contributed by atoms with Crippen LogP contribution in [0, 0.1) is 24.0 Å². The first-order chi connectivity index (χ1) is 20.9. The van der Waals surface area contributed by atoms with Gasteiger partial charge in [-0.15, -0.1) is 6.42 Å². The summed E-state index contributed by atoms with van der Waals surface area (Å²) in [6, 6.07) is 5.44. The minimum absolute atomic E-state index is 0.00425. The van der Waals surface area contributed by atoms with Crippen LogP contribution in [-0.4, -0.2) is 69.5 Å². The highest BCUT2D eigenvalue weighted by Gasteiger charge is 2.49. The lowest BCUT2D eigenvalue weighted by molar-refractivity contribution is 0.107. The number of hydrogen-bond donors (Lipinski definition) is 1. The van der Waals surface area contributed by atoms with Crippen LogP contribution < -0.4 is 9.64 Å². The Kier molecular flexibility index (Phi) is 6.85. The predicted octanol–water partition coefficient (Wildman–Crippen LogP) is 5.92. The molecule has 7 nitrogen and oxygen atoms in total. The van der Waals surface area contributed by atoms with E-state index < -0.39 is 23.3 Å². The SMILES string of the molecule is C#Cc1c(F)ccc2cc(O)cc(-c3ncc4c(N5CCC=CCC5)nc(OC[C@@]56CCCN5C[C@H](F)C6)nc4c3F)c12. The summed E-state index contributed by atoms with van der Waals surface area (Å²) in [7, 11) is 0. The molecule has 1 N–H and O–H groups in total. The Morgan fingerprint density at radius 2 is 1.93 bits per heavy atom. The van der Waals surface area contributed by atoms with Gasteiger partial charge in [-0.25, -0.2) is 13.2 Å². The van der Waals surface area contributed by atoms with Gasteiger partial charge in [-0.05, 0) is 55.8 Å². The van der Waals surface area contributed by atoms with E-state index in [1.165, 1.54) is 30.5 Å². The molecule has 3 aliphatic rings. The number of halogens is 3. The van der Waals surface area contributed by atoms with Crippen LogP contribution >= 0.6 is 0 Å². The first kappa shape index (κ1) is 27.5. The zero-order chi connectivity index (χ0) is 29.7. The van der Waals surface area contributed by atoms with E-state index in [0.29, 0.717) is 42.6 Å². The zero-order valence-corrected chi connectivity index (χ0v) is 23.5. The Labute approximate surface area is 247 Å². The second-order valence-corrected chi connectivity index (χ2v) is 11.6. The molecule has 0 unspecified atom stereocenters. The lowest BCUT2D eigenvalue weighted by Crippen LogP contribution is -2.43. The van der Waals surface area contributed by atoms with Gasteiger partial charge in [0, 0.05) is 43.2 Å². The van der Waals surface area contributed by atoms with Gasteiger partial charge in [-0.1, -0.05) is 24.1 Å². The van der Waals surface area contributed by atoms with Crippen molar-refractivity contribution in [2.45, 2.75) is 43.8 Å². The fourth-order valence-electron chi connectivity index (χ4n) is 6.94. The molecule has 0 amide bonds. The summed E-state index contributed by atoms with van der Waals surface area (Å²) in [4.78, 5) is 17.9. The Hall–Kier alpha value is -4.36. The normalized spacial score (nSPS) is 22.2. The summed E-state index contributed by atoms with van der Waals surface area (Å²) in [5, 5.41) is 11.6. The Morgan fingerprint density at radius 3 is 2.72 bits per heavy atom. The minimum atomic E-state index is -0.914. The molecule has 43 heavy (non-hydrogen) atoms. The third-order valence-corrected chi connectivity index (χ3v) is 8.92. The maximum atomic E-state index is 16.6. The van der Waals surface area contributed by atoms with Crippen LogP contribution in [0.5, 0.6) is 11.8 Å². The van der Waals surface area contributed by atoms with Crippen molar-refractivity contribution in [3.05, 3.63) is 59.8 Å². The van der Waals surface area contributed by atoms with E-state index in [4.69, 9.17) is 16.1 Å². The van der Waals surface area contributed by atoms with Crippen LogP contribution in [0.3, 0.4) is 0 Å². The van der Waals surface area contributed by atoms with E-state index in [-0.39, 0.29) is 46.1 Å². The van der Waals surface area contributed by atoms with E-state index in [2.05, 4.69) is 37.8 Å². The summed E-state index contributed by atoms with van der Waals surface area (Å²) in [6.45, 7) is 2.72. The minimum Gasteiger partial charge on any atom is -0.508 e. The average molecular weight is 586 g/mol. The van der Waals surface area contributed by atoms with Crippen LogP contribution in [0.25, 0.3) is 32.9 Å². The second-order valence-electron chi connectivity index (χ2n) is 11.6. The first-order valence-corrected chi connectivity index (χ1v) is 14.6. The van der Waals surface area contributed by atoms with E-state index in [0.717, 1.165) is 32.2 Å². The Morgan fingerprint density at radius 1 is 1.12 bits per heavy atom. The maximum Gasteiger partial charge on any atom is 0.319 e. The summed E-state index contributed by atoms with van der Waals surface area (Å²) in [5.41, 5.74) is -0.499. The van der Waals surface area contributed by atoms with Crippen molar-refractivity contribution in [2.75, 3.05) is 37.7 Å². The van der Waals surface area contributed by atoms with Crippen LogP contribution in [0.15, 0.2) is 42.6 Å². The molecule has 5 heterocycles. The van der Waals surface area contributed by atoms with Crippen molar-refractivity contribution in [2.24, 2.45) is 0 Å². The number of ether oxygens (including phenoxy) is 1. The number of phenolic OH excluding ortho intramolecular Hbond substituents is 1. The third-order valence-electron chi connectivity index (χ3n) is 8.92. The largest absolute Gasteiger partial charge is 0.508 e. The highest BCUT2D eigenvalue weighted by atomic mass is 19.1. The molecular weight excluding hydrogens is 555 g/mol. The number of rotatable bonds is 5. The zero-order valence-electron chi connectivity index (χ0n) is 23.5. The van der Waals surface area contributed by atoms with Crippen molar-refractivity contribution >= 4 is 27.5 Å². The molecule has 2 fully saturated rings. The van der Waals surface area contributed by atoms with Gasteiger partial charge in [0.15, 0.2) is 5.82 Å². The van der Waals surface area contributed by atoms with Crippen molar-refractivity contribution in [1.29, 1.82) is 0 Å². The molecule has 2 saturated heterocycles. The number of nitrogens with zero attached hydrogens (tertiary/aromatic N) is 5. The second kappa shape index (κ2) is 10.7. The van der Waals surface area contributed by atoms with Gasteiger partial charge in [0.1, 0.15) is 41.4 Å². The molecule has 2 aromatic heterocycles. The number of hydrogen-bond acceptors (Lipinski definition) is 7. The molecule has 2 atom stereocenters. The fourth-order valence-corrected chi connectivity index (χ4v) is 6.94. The molecule has 2 aromatic carbocycles. The molecule has 10 heteroatoms.